The van der Waals surface area contributed by atoms with E-state index in [-0.39, 0.29) is 5.54 Å². The van der Waals surface area contributed by atoms with Crippen molar-refractivity contribution in [3.63, 3.8) is 0 Å². The van der Waals surface area contributed by atoms with Gasteiger partial charge in [0.25, 0.3) is 0 Å². The van der Waals surface area contributed by atoms with Crippen LogP contribution in [0.1, 0.15) is 40.2 Å². The summed E-state index contributed by atoms with van der Waals surface area (Å²) < 4.78 is 10.6. The third-order valence-corrected chi connectivity index (χ3v) is 3.16. The Morgan fingerprint density at radius 1 is 1.14 bits per heavy atom. The highest BCUT2D eigenvalue weighted by atomic mass is 16.6. The van der Waals surface area contributed by atoms with Crippen LogP contribution >= 0.6 is 0 Å². The molecule has 5 nitrogen and oxygen atoms in total. The Kier molecular flexibility index (Phi) is 5.23. The summed E-state index contributed by atoms with van der Waals surface area (Å²) in [7, 11) is 3.49. The molecule has 0 radical (unpaired) electrons. The predicted octanol–water partition coefficient (Wildman–Crippen LogP) is 3.50. The average molecular weight is 294 g/mol. The highest BCUT2D eigenvalue weighted by molar-refractivity contribution is 5.86. The highest BCUT2D eigenvalue weighted by Gasteiger charge is 2.24. The topological polar surface area (TPSA) is 59.6 Å². The summed E-state index contributed by atoms with van der Waals surface area (Å²) >= 11 is 0. The van der Waals surface area contributed by atoms with Crippen molar-refractivity contribution in [1.82, 2.24) is 5.32 Å². The first-order chi connectivity index (χ1) is 9.59. The third-order valence-electron chi connectivity index (χ3n) is 3.16. The number of rotatable bonds is 4. The van der Waals surface area contributed by atoms with Crippen molar-refractivity contribution < 1.29 is 14.3 Å². The van der Waals surface area contributed by atoms with Gasteiger partial charge in [0.2, 0.25) is 0 Å². The molecular formula is C16H26N2O3. The molecule has 0 atom stereocenters. The van der Waals surface area contributed by atoms with Crippen LogP contribution in [0.2, 0.25) is 0 Å². The molecule has 1 aromatic rings. The van der Waals surface area contributed by atoms with Gasteiger partial charge in [-0.2, -0.15) is 0 Å². The van der Waals surface area contributed by atoms with Crippen molar-refractivity contribution >= 4 is 11.8 Å². The monoisotopic (exact) mass is 294 g/mol. The molecule has 0 heterocycles. The van der Waals surface area contributed by atoms with E-state index in [1.54, 1.807) is 7.11 Å². The largest absolute Gasteiger partial charge is 0.497 e. The van der Waals surface area contributed by atoms with Crippen molar-refractivity contribution in [2.24, 2.45) is 0 Å². The van der Waals surface area contributed by atoms with Crippen LogP contribution in [0.15, 0.2) is 18.2 Å². The summed E-state index contributed by atoms with van der Waals surface area (Å²) in [5, 5.41) is 6.03. The Balaban J connectivity index is 3.09. The molecule has 0 aliphatic carbocycles. The molecule has 0 saturated carbocycles. The molecule has 1 amide bonds. The van der Waals surface area contributed by atoms with Crippen LogP contribution in [0.25, 0.3) is 0 Å². The van der Waals surface area contributed by atoms with Gasteiger partial charge in [-0.3, -0.25) is 5.32 Å². The summed E-state index contributed by atoms with van der Waals surface area (Å²) in [4.78, 5) is 12.0. The minimum absolute atomic E-state index is 0.321. The summed E-state index contributed by atoms with van der Waals surface area (Å²) in [6.45, 7) is 9.56. The first kappa shape index (κ1) is 17.3. The van der Waals surface area contributed by atoms with Crippen LogP contribution in [-0.4, -0.2) is 25.9 Å². The van der Waals surface area contributed by atoms with Crippen LogP contribution < -0.4 is 15.4 Å². The molecule has 1 rings (SSSR count). The lowest BCUT2D eigenvalue weighted by Gasteiger charge is -2.28. The number of ether oxygens (including phenoxy) is 2. The number of carbonyl (C=O) groups is 1. The lowest BCUT2D eigenvalue weighted by molar-refractivity contribution is 0.0635. The second-order valence-electron chi connectivity index (χ2n) is 6.41. The Bertz CT molecular complexity index is 505. The van der Waals surface area contributed by atoms with Gasteiger partial charge in [0.05, 0.1) is 7.11 Å². The number of amides is 1. The van der Waals surface area contributed by atoms with Gasteiger partial charge < -0.3 is 14.8 Å². The van der Waals surface area contributed by atoms with Crippen molar-refractivity contribution in [3.8, 4) is 5.75 Å². The van der Waals surface area contributed by atoms with Crippen LogP contribution in [-0.2, 0) is 10.3 Å². The van der Waals surface area contributed by atoms with Gasteiger partial charge in [-0.25, -0.2) is 4.79 Å². The Labute approximate surface area is 127 Å². The second-order valence-corrected chi connectivity index (χ2v) is 6.41. The van der Waals surface area contributed by atoms with Gasteiger partial charge >= 0.3 is 6.09 Å². The maximum atomic E-state index is 12.0. The number of hydrogen-bond acceptors (Lipinski definition) is 4. The fourth-order valence-corrected chi connectivity index (χ4v) is 1.82. The van der Waals surface area contributed by atoms with E-state index in [9.17, 15) is 4.79 Å². The lowest BCUT2D eigenvalue weighted by Crippen LogP contribution is -2.35. The summed E-state index contributed by atoms with van der Waals surface area (Å²) in [6, 6.07) is 5.53. The maximum Gasteiger partial charge on any atom is 0.412 e. The van der Waals surface area contributed by atoms with Gasteiger partial charge in [0.15, 0.2) is 0 Å². The van der Waals surface area contributed by atoms with Gasteiger partial charge in [-0.1, -0.05) is 0 Å². The number of anilines is 1. The molecule has 5 heteroatoms. The predicted molar refractivity (Wildman–Crippen MR) is 84.9 cm³/mol. The summed E-state index contributed by atoms with van der Waals surface area (Å²) in [5.41, 5.74) is 0.772. The van der Waals surface area contributed by atoms with E-state index in [2.05, 4.69) is 10.6 Å². The highest BCUT2D eigenvalue weighted by Crippen LogP contribution is 2.31. The number of carbonyl (C=O) groups excluding carboxylic acids is 1. The van der Waals surface area contributed by atoms with Gasteiger partial charge in [0.1, 0.15) is 11.4 Å². The summed E-state index contributed by atoms with van der Waals surface area (Å²) in [6.07, 6.45) is -0.471. The first-order valence-electron chi connectivity index (χ1n) is 6.96. The number of hydrogen-bond donors (Lipinski definition) is 2. The molecule has 0 bridgehead atoms. The van der Waals surface area contributed by atoms with E-state index in [1.807, 2.05) is 59.9 Å². The number of nitrogens with one attached hydrogen (secondary N) is 2. The molecule has 2 N–H and O–H groups in total. The van der Waals surface area contributed by atoms with E-state index in [0.29, 0.717) is 5.69 Å². The summed E-state index contributed by atoms with van der Waals surface area (Å²) in [5.74, 6) is 0.739. The second kappa shape index (κ2) is 6.35. The van der Waals surface area contributed by atoms with Crippen molar-refractivity contribution in [3.05, 3.63) is 23.8 Å². The average Bonchev–Trinajstić information content (AvgIpc) is 2.36. The smallest absolute Gasteiger partial charge is 0.412 e. The first-order valence-corrected chi connectivity index (χ1v) is 6.96. The van der Waals surface area contributed by atoms with Crippen LogP contribution in [0, 0.1) is 0 Å². The van der Waals surface area contributed by atoms with Crippen molar-refractivity contribution in [2.75, 3.05) is 19.5 Å². The third kappa shape index (κ3) is 4.93. The zero-order valence-electron chi connectivity index (χ0n) is 14.0. The zero-order valence-corrected chi connectivity index (χ0v) is 14.0. The van der Waals surface area contributed by atoms with Gasteiger partial charge in [-0.15, -0.1) is 0 Å². The standard InChI is InChI=1S/C16H26N2O3/c1-15(2,3)21-14(19)18-13-9-8-11(20-7)10-12(13)16(4,5)17-6/h8-10,17H,1-7H3,(H,18,19). The number of benzene rings is 1. The zero-order chi connectivity index (χ0) is 16.3. The normalized spacial score (nSPS) is 12.0. The van der Waals surface area contributed by atoms with E-state index >= 15 is 0 Å². The van der Waals surface area contributed by atoms with Gasteiger partial charge in [-0.05, 0) is 65.4 Å². The molecule has 0 aliphatic heterocycles. The molecule has 1 aromatic carbocycles. The van der Waals surface area contributed by atoms with Crippen LogP contribution in [0.5, 0.6) is 5.75 Å². The van der Waals surface area contributed by atoms with Gasteiger partial charge in [0, 0.05) is 11.2 Å². The Hall–Kier alpha value is -1.75. The molecule has 0 aliphatic rings. The van der Waals surface area contributed by atoms with Crippen molar-refractivity contribution in [2.45, 2.75) is 45.8 Å². The fraction of sp³-hybridized carbons (Fsp3) is 0.562. The maximum absolute atomic E-state index is 12.0. The van der Waals surface area contributed by atoms with E-state index in [4.69, 9.17) is 9.47 Å². The van der Waals surface area contributed by atoms with Crippen molar-refractivity contribution in [1.29, 1.82) is 0 Å². The molecular weight excluding hydrogens is 268 g/mol. The SMILES string of the molecule is CNC(C)(C)c1cc(OC)ccc1NC(=O)OC(C)(C)C. The minimum atomic E-state index is -0.532. The van der Waals surface area contributed by atoms with E-state index in [0.717, 1.165) is 11.3 Å². The minimum Gasteiger partial charge on any atom is -0.497 e. The molecule has 0 fully saturated rings. The molecule has 0 spiro atoms. The van der Waals surface area contributed by atoms with Crippen LogP contribution in [0.4, 0.5) is 10.5 Å². The number of methoxy groups -OCH3 is 1. The molecule has 21 heavy (non-hydrogen) atoms. The van der Waals surface area contributed by atoms with E-state index < -0.39 is 11.7 Å². The molecule has 0 aromatic heterocycles. The quantitative estimate of drug-likeness (QED) is 0.892. The lowest BCUT2D eigenvalue weighted by atomic mass is 9.92. The van der Waals surface area contributed by atoms with E-state index in [1.165, 1.54) is 0 Å². The fourth-order valence-electron chi connectivity index (χ4n) is 1.82. The Morgan fingerprint density at radius 3 is 2.24 bits per heavy atom. The molecule has 0 unspecified atom stereocenters. The molecule has 118 valence electrons. The van der Waals surface area contributed by atoms with Crippen LogP contribution in [0.3, 0.4) is 0 Å². The Morgan fingerprint density at radius 2 is 1.76 bits per heavy atom. The molecule has 0 saturated heterocycles.